The van der Waals surface area contributed by atoms with E-state index in [4.69, 9.17) is 0 Å². The summed E-state index contributed by atoms with van der Waals surface area (Å²) in [5, 5.41) is 1.45. The molecule has 0 radical (unpaired) electrons. The van der Waals surface area contributed by atoms with Crippen LogP contribution in [0.15, 0.2) is 30.5 Å². The van der Waals surface area contributed by atoms with Gasteiger partial charge in [0, 0.05) is 17.3 Å². The quantitative estimate of drug-likeness (QED) is 0.744. The van der Waals surface area contributed by atoms with Crippen molar-refractivity contribution in [1.29, 1.82) is 0 Å². The number of rotatable bonds is 1. The molecule has 84 valence electrons. The first-order chi connectivity index (χ1) is 7.44. The highest BCUT2D eigenvalue weighted by molar-refractivity contribution is 5.83. The molecule has 0 saturated carbocycles. The van der Waals surface area contributed by atoms with E-state index >= 15 is 0 Å². The maximum absolute atomic E-state index is 12.0. The number of hydrogen-bond acceptors (Lipinski definition) is 2. The summed E-state index contributed by atoms with van der Waals surface area (Å²) in [4.78, 5) is 4.01. The van der Waals surface area contributed by atoms with Gasteiger partial charge in [-0.1, -0.05) is 6.07 Å². The van der Waals surface area contributed by atoms with Gasteiger partial charge in [-0.15, -0.1) is 13.2 Å². The number of halogens is 3. The van der Waals surface area contributed by atoms with E-state index in [9.17, 15) is 13.2 Å². The third-order valence-corrected chi connectivity index (χ3v) is 2.06. The van der Waals surface area contributed by atoms with Crippen molar-refractivity contribution in [2.24, 2.45) is 0 Å². The number of ether oxygens (including phenoxy) is 1. The second-order valence-corrected chi connectivity index (χ2v) is 3.38. The van der Waals surface area contributed by atoms with Crippen LogP contribution in [0.2, 0.25) is 0 Å². The molecule has 0 unspecified atom stereocenters. The second kappa shape index (κ2) is 3.66. The predicted molar refractivity (Wildman–Crippen MR) is 53.2 cm³/mol. The van der Waals surface area contributed by atoms with E-state index in [0.717, 1.165) is 11.1 Å². The minimum Gasteiger partial charge on any atom is -0.406 e. The molecule has 2 nitrogen and oxygen atoms in total. The second-order valence-electron chi connectivity index (χ2n) is 3.38. The van der Waals surface area contributed by atoms with Crippen molar-refractivity contribution in [2.45, 2.75) is 13.3 Å². The summed E-state index contributed by atoms with van der Waals surface area (Å²) in [5.41, 5.74) is 0.817. The van der Waals surface area contributed by atoms with Gasteiger partial charge in [0.2, 0.25) is 0 Å². The van der Waals surface area contributed by atoms with Crippen molar-refractivity contribution in [2.75, 3.05) is 0 Å². The van der Waals surface area contributed by atoms with E-state index in [1.807, 2.05) is 6.92 Å². The summed E-state index contributed by atoms with van der Waals surface area (Å²) in [5.74, 6) is -0.231. The van der Waals surface area contributed by atoms with Crippen LogP contribution in [0.5, 0.6) is 5.75 Å². The van der Waals surface area contributed by atoms with Gasteiger partial charge in [0.05, 0.1) is 0 Å². The molecule has 1 heterocycles. The van der Waals surface area contributed by atoms with Crippen LogP contribution in [0.1, 0.15) is 5.69 Å². The first kappa shape index (κ1) is 10.7. The van der Waals surface area contributed by atoms with E-state index < -0.39 is 6.36 Å². The average molecular weight is 227 g/mol. The number of aromatic nitrogens is 1. The molecule has 0 saturated heterocycles. The third kappa shape index (κ3) is 2.42. The van der Waals surface area contributed by atoms with Crippen LogP contribution in [-0.2, 0) is 0 Å². The van der Waals surface area contributed by atoms with Gasteiger partial charge in [-0.05, 0) is 30.5 Å². The molecule has 0 atom stereocenters. The maximum atomic E-state index is 12.0. The van der Waals surface area contributed by atoms with Gasteiger partial charge in [0.1, 0.15) is 5.75 Å². The molecule has 2 aromatic rings. The van der Waals surface area contributed by atoms with Gasteiger partial charge in [0.25, 0.3) is 0 Å². The summed E-state index contributed by atoms with van der Waals surface area (Å²) in [7, 11) is 0. The molecule has 0 aliphatic carbocycles. The van der Waals surface area contributed by atoms with Crippen molar-refractivity contribution < 1.29 is 17.9 Å². The summed E-state index contributed by atoms with van der Waals surface area (Å²) < 4.78 is 39.7. The van der Waals surface area contributed by atoms with Crippen LogP contribution in [0.3, 0.4) is 0 Å². The summed E-state index contributed by atoms with van der Waals surface area (Å²) in [6.45, 7) is 1.82. The lowest BCUT2D eigenvalue weighted by Crippen LogP contribution is -2.16. The van der Waals surface area contributed by atoms with Crippen molar-refractivity contribution in [3.05, 3.63) is 36.2 Å². The Bertz CT molecular complexity index is 522. The Morgan fingerprint density at radius 3 is 2.56 bits per heavy atom. The normalized spacial score (nSPS) is 11.8. The molecule has 0 aliphatic rings. The number of nitrogens with zero attached hydrogens (tertiary/aromatic N) is 1. The van der Waals surface area contributed by atoms with Gasteiger partial charge in [-0.3, -0.25) is 4.98 Å². The Morgan fingerprint density at radius 1 is 1.12 bits per heavy atom. The third-order valence-electron chi connectivity index (χ3n) is 2.06. The smallest absolute Gasteiger partial charge is 0.406 e. The average Bonchev–Trinajstić information content (AvgIpc) is 2.16. The number of pyridine rings is 1. The molecule has 2 rings (SSSR count). The zero-order chi connectivity index (χ0) is 11.8. The standard InChI is InChI=1S/C11H8F3NO/c1-7-4-8-2-3-10(16-11(12,13)14)5-9(8)6-15-7/h2-6H,1H3. The Balaban J connectivity index is 2.41. The molecular formula is C11H8F3NO. The molecule has 1 aromatic heterocycles. The van der Waals surface area contributed by atoms with Crippen LogP contribution in [-0.4, -0.2) is 11.3 Å². The zero-order valence-electron chi connectivity index (χ0n) is 8.38. The number of benzene rings is 1. The SMILES string of the molecule is Cc1cc2ccc(OC(F)(F)F)cc2cn1. The molecule has 1 aromatic carbocycles. The molecule has 0 bridgehead atoms. The number of fused-ring (bicyclic) bond motifs is 1. The molecule has 0 N–H and O–H groups in total. The zero-order valence-corrected chi connectivity index (χ0v) is 8.38. The van der Waals surface area contributed by atoms with E-state index in [-0.39, 0.29) is 5.75 Å². The van der Waals surface area contributed by atoms with Crippen molar-refractivity contribution >= 4 is 10.8 Å². The summed E-state index contributed by atoms with van der Waals surface area (Å²) in [6, 6.07) is 5.97. The van der Waals surface area contributed by atoms with Crippen LogP contribution >= 0.6 is 0 Å². The largest absolute Gasteiger partial charge is 0.573 e. The van der Waals surface area contributed by atoms with Crippen LogP contribution in [0.25, 0.3) is 10.8 Å². The first-order valence-corrected chi connectivity index (χ1v) is 4.56. The van der Waals surface area contributed by atoms with Gasteiger partial charge < -0.3 is 4.74 Å². The molecule has 0 amide bonds. The first-order valence-electron chi connectivity index (χ1n) is 4.56. The van der Waals surface area contributed by atoms with Crippen LogP contribution < -0.4 is 4.74 Å². The van der Waals surface area contributed by atoms with E-state index in [1.165, 1.54) is 18.3 Å². The van der Waals surface area contributed by atoms with E-state index in [2.05, 4.69) is 9.72 Å². The maximum Gasteiger partial charge on any atom is 0.573 e. The van der Waals surface area contributed by atoms with Gasteiger partial charge in [-0.2, -0.15) is 0 Å². The van der Waals surface area contributed by atoms with Gasteiger partial charge >= 0.3 is 6.36 Å². The minimum atomic E-state index is -4.66. The molecule has 0 fully saturated rings. The van der Waals surface area contributed by atoms with Crippen molar-refractivity contribution in [3.8, 4) is 5.75 Å². The lowest BCUT2D eigenvalue weighted by Gasteiger charge is -2.09. The monoisotopic (exact) mass is 227 g/mol. The highest BCUT2D eigenvalue weighted by atomic mass is 19.4. The fourth-order valence-electron chi connectivity index (χ4n) is 1.43. The predicted octanol–water partition coefficient (Wildman–Crippen LogP) is 3.44. The number of hydrogen-bond donors (Lipinski definition) is 0. The summed E-state index contributed by atoms with van der Waals surface area (Å²) >= 11 is 0. The highest BCUT2D eigenvalue weighted by Gasteiger charge is 2.31. The van der Waals surface area contributed by atoms with Crippen molar-refractivity contribution in [1.82, 2.24) is 4.98 Å². The Labute approximate surface area is 89.7 Å². The topological polar surface area (TPSA) is 22.1 Å². The van der Waals surface area contributed by atoms with Gasteiger partial charge in [-0.25, -0.2) is 0 Å². The molecule has 16 heavy (non-hydrogen) atoms. The van der Waals surface area contributed by atoms with E-state index in [1.54, 1.807) is 12.1 Å². The lowest BCUT2D eigenvalue weighted by atomic mass is 10.1. The molecule has 0 aliphatic heterocycles. The Morgan fingerprint density at radius 2 is 1.88 bits per heavy atom. The Hall–Kier alpha value is -1.78. The number of aryl methyl sites for hydroxylation is 1. The van der Waals surface area contributed by atoms with Crippen molar-refractivity contribution in [3.63, 3.8) is 0 Å². The summed E-state index contributed by atoms with van der Waals surface area (Å²) in [6.07, 6.45) is -3.14. The fraction of sp³-hybridized carbons (Fsp3) is 0.182. The lowest BCUT2D eigenvalue weighted by molar-refractivity contribution is -0.274. The van der Waals surface area contributed by atoms with Crippen LogP contribution in [0, 0.1) is 6.92 Å². The van der Waals surface area contributed by atoms with E-state index in [0.29, 0.717) is 5.39 Å². The molecular weight excluding hydrogens is 219 g/mol. The fourth-order valence-corrected chi connectivity index (χ4v) is 1.43. The number of alkyl halides is 3. The molecule has 0 spiro atoms. The van der Waals surface area contributed by atoms with Crippen LogP contribution in [0.4, 0.5) is 13.2 Å². The van der Waals surface area contributed by atoms with Gasteiger partial charge in [0.15, 0.2) is 0 Å². The highest BCUT2D eigenvalue weighted by Crippen LogP contribution is 2.26. The molecule has 5 heteroatoms. The Kier molecular flexibility index (Phi) is 2.46. The minimum absolute atomic E-state index is 0.231.